The van der Waals surface area contributed by atoms with Crippen molar-refractivity contribution in [3.8, 4) is 0 Å². The molecular formula is C15H22Cl2N2O. The van der Waals surface area contributed by atoms with E-state index in [-0.39, 0.29) is 5.91 Å². The number of nitrogens with one attached hydrogen (secondary N) is 1. The summed E-state index contributed by atoms with van der Waals surface area (Å²) in [4.78, 5) is 14.0. The van der Waals surface area contributed by atoms with Crippen molar-refractivity contribution in [2.45, 2.75) is 33.1 Å². The van der Waals surface area contributed by atoms with Crippen LogP contribution in [0.3, 0.4) is 0 Å². The monoisotopic (exact) mass is 316 g/mol. The molecule has 1 rings (SSSR count). The molecule has 1 N–H and O–H groups in total. The lowest BCUT2D eigenvalue weighted by atomic mass is 10.2. The van der Waals surface area contributed by atoms with Crippen LogP contribution in [0.15, 0.2) is 18.2 Å². The first-order valence-corrected chi connectivity index (χ1v) is 7.81. The minimum Gasteiger partial charge on any atom is -0.382 e. The average Bonchev–Trinajstić information content (AvgIpc) is 2.41. The van der Waals surface area contributed by atoms with E-state index in [2.05, 4.69) is 19.2 Å². The van der Waals surface area contributed by atoms with E-state index in [0.29, 0.717) is 28.7 Å². The topological polar surface area (TPSA) is 32.3 Å². The first-order valence-electron chi connectivity index (χ1n) is 7.05. The summed E-state index contributed by atoms with van der Waals surface area (Å²) >= 11 is 12.1. The summed E-state index contributed by atoms with van der Waals surface area (Å²) in [6.45, 7) is 6.33. The summed E-state index contributed by atoms with van der Waals surface area (Å²) in [5.74, 6) is 0.171. The molecule has 0 saturated heterocycles. The number of hydrogen-bond donors (Lipinski definition) is 1. The number of anilines is 1. The van der Waals surface area contributed by atoms with Crippen molar-refractivity contribution in [1.82, 2.24) is 4.90 Å². The van der Waals surface area contributed by atoms with Crippen molar-refractivity contribution in [1.29, 1.82) is 0 Å². The second kappa shape index (κ2) is 9.09. The molecule has 0 heterocycles. The van der Waals surface area contributed by atoms with E-state index in [1.807, 2.05) is 4.90 Å². The van der Waals surface area contributed by atoms with Crippen LogP contribution in [-0.4, -0.2) is 30.4 Å². The van der Waals surface area contributed by atoms with Gasteiger partial charge in [-0.25, -0.2) is 0 Å². The Morgan fingerprint density at radius 1 is 1.15 bits per heavy atom. The molecule has 1 aromatic carbocycles. The Kier molecular flexibility index (Phi) is 7.78. The van der Waals surface area contributed by atoms with Gasteiger partial charge in [-0.05, 0) is 25.0 Å². The third kappa shape index (κ3) is 5.22. The fourth-order valence-electron chi connectivity index (χ4n) is 2.02. The van der Waals surface area contributed by atoms with Crippen LogP contribution in [0.4, 0.5) is 5.69 Å². The molecule has 5 heteroatoms. The van der Waals surface area contributed by atoms with Crippen LogP contribution in [0.25, 0.3) is 0 Å². The predicted octanol–water partition coefficient (Wildman–Crippen LogP) is 4.44. The molecule has 0 bridgehead atoms. The van der Waals surface area contributed by atoms with Gasteiger partial charge in [0, 0.05) is 26.1 Å². The van der Waals surface area contributed by atoms with Gasteiger partial charge in [-0.3, -0.25) is 4.79 Å². The summed E-state index contributed by atoms with van der Waals surface area (Å²) in [6, 6.07) is 5.35. The van der Waals surface area contributed by atoms with Crippen LogP contribution < -0.4 is 5.32 Å². The van der Waals surface area contributed by atoms with Gasteiger partial charge >= 0.3 is 0 Å². The van der Waals surface area contributed by atoms with Gasteiger partial charge in [0.05, 0.1) is 15.7 Å². The Bertz CT molecular complexity index is 412. The highest BCUT2D eigenvalue weighted by molar-refractivity contribution is 6.39. The number of amides is 1. The lowest BCUT2D eigenvalue weighted by molar-refractivity contribution is -0.131. The summed E-state index contributed by atoms with van der Waals surface area (Å²) < 4.78 is 0. The predicted molar refractivity (Wildman–Crippen MR) is 86.7 cm³/mol. The van der Waals surface area contributed by atoms with Gasteiger partial charge in [-0.1, -0.05) is 43.1 Å². The Morgan fingerprint density at radius 2 is 1.70 bits per heavy atom. The number of rotatable bonds is 8. The zero-order valence-corrected chi connectivity index (χ0v) is 13.6. The third-order valence-corrected chi connectivity index (χ3v) is 3.57. The zero-order chi connectivity index (χ0) is 15.0. The van der Waals surface area contributed by atoms with Crippen molar-refractivity contribution in [2.75, 3.05) is 25.0 Å². The molecule has 0 spiro atoms. The third-order valence-electron chi connectivity index (χ3n) is 2.94. The Morgan fingerprint density at radius 3 is 2.20 bits per heavy atom. The molecule has 0 saturated carbocycles. The second-order valence-electron chi connectivity index (χ2n) is 4.65. The molecular weight excluding hydrogens is 295 g/mol. The Labute approximate surface area is 131 Å². The van der Waals surface area contributed by atoms with Crippen LogP contribution in [0, 0.1) is 0 Å². The molecule has 20 heavy (non-hydrogen) atoms. The van der Waals surface area contributed by atoms with E-state index in [9.17, 15) is 4.79 Å². The normalized spacial score (nSPS) is 10.4. The van der Waals surface area contributed by atoms with Crippen molar-refractivity contribution >= 4 is 34.8 Å². The molecule has 0 unspecified atom stereocenters. The fraction of sp³-hybridized carbons (Fsp3) is 0.533. The largest absolute Gasteiger partial charge is 0.382 e. The minimum atomic E-state index is 0.171. The van der Waals surface area contributed by atoms with Gasteiger partial charge in [0.15, 0.2) is 0 Å². The maximum Gasteiger partial charge on any atom is 0.224 e. The number of nitrogens with zero attached hydrogens (tertiary/aromatic N) is 1. The number of carbonyl (C=O) groups excluding carboxylic acids is 1. The highest BCUT2D eigenvalue weighted by Gasteiger charge is 2.12. The number of carbonyl (C=O) groups is 1. The number of benzene rings is 1. The van der Waals surface area contributed by atoms with Crippen LogP contribution in [0.1, 0.15) is 33.1 Å². The molecule has 3 nitrogen and oxygen atoms in total. The van der Waals surface area contributed by atoms with Crippen LogP contribution in [0.2, 0.25) is 10.0 Å². The van der Waals surface area contributed by atoms with E-state index >= 15 is 0 Å². The van der Waals surface area contributed by atoms with E-state index in [1.165, 1.54) is 0 Å². The zero-order valence-electron chi connectivity index (χ0n) is 12.1. The van der Waals surface area contributed by atoms with Crippen molar-refractivity contribution in [3.63, 3.8) is 0 Å². The van der Waals surface area contributed by atoms with Crippen LogP contribution in [-0.2, 0) is 4.79 Å². The Hall–Kier alpha value is -0.930. The molecule has 0 fully saturated rings. The number of para-hydroxylation sites is 1. The maximum absolute atomic E-state index is 12.1. The molecule has 0 aliphatic heterocycles. The van der Waals surface area contributed by atoms with Crippen molar-refractivity contribution in [2.24, 2.45) is 0 Å². The molecule has 0 aliphatic rings. The van der Waals surface area contributed by atoms with Crippen molar-refractivity contribution < 1.29 is 4.79 Å². The fourth-order valence-corrected chi connectivity index (χ4v) is 2.55. The highest BCUT2D eigenvalue weighted by atomic mass is 35.5. The van der Waals surface area contributed by atoms with E-state index < -0.39 is 0 Å². The van der Waals surface area contributed by atoms with Gasteiger partial charge in [-0.2, -0.15) is 0 Å². The molecule has 1 amide bonds. The van der Waals surface area contributed by atoms with Crippen LogP contribution in [0.5, 0.6) is 0 Å². The highest BCUT2D eigenvalue weighted by Crippen LogP contribution is 2.29. The first kappa shape index (κ1) is 17.1. The van der Waals surface area contributed by atoms with Crippen LogP contribution >= 0.6 is 23.2 Å². The smallest absolute Gasteiger partial charge is 0.224 e. The molecule has 0 aromatic heterocycles. The van der Waals surface area contributed by atoms with Gasteiger partial charge in [0.25, 0.3) is 0 Å². The lowest BCUT2D eigenvalue weighted by Crippen LogP contribution is -2.33. The van der Waals surface area contributed by atoms with E-state index in [4.69, 9.17) is 23.2 Å². The molecule has 0 aliphatic carbocycles. The van der Waals surface area contributed by atoms with Gasteiger partial charge in [0.2, 0.25) is 5.91 Å². The molecule has 0 atom stereocenters. The lowest BCUT2D eigenvalue weighted by Gasteiger charge is -2.21. The second-order valence-corrected chi connectivity index (χ2v) is 5.47. The Balaban J connectivity index is 2.48. The van der Waals surface area contributed by atoms with Gasteiger partial charge in [-0.15, -0.1) is 0 Å². The SMILES string of the molecule is CCCN(CCC)C(=O)CCNc1c(Cl)cccc1Cl. The number of halogens is 2. The number of hydrogen-bond acceptors (Lipinski definition) is 2. The molecule has 0 radical (unpaired) electrons. The standard InChI is InChI=1S/C15H22Cl2N2O/c1-3-10-19(11-4-2)14(20)8-9-18-15-12(16)6-5-7-13(15)17/h5-7,18H,3-4,8-11H2,1-2H3. The van der Waals surface area contributed by atoms with E-state index in [1.54, 1.807) is 18.2 Å². The average molecular weight is 317 g/mol. The summed E-state index contributed by atoms with van der Waals surface area (Å²) in [5, 5.41) is 4.29. The summed E-state index contributed by atoms with van der Waals surface area (Å²) in [5.41, 5.74) is 0.696. The van der Waals surface area contributed by atoms with Gasteiger partial charge in [0.1, 0.15) is 0 Å². The quantitative estimate of drug-likeness (QED) is 0.768. The van der Waals surface area contributed by atoms with Gasteiger partial charge < -0.3 is 10.2 Å². The minimum absolute atomic E-state index is 0.171. The molecule has 112 valence electrons. The van der Waals surface area contributed by atoms with Crippen molar-refractivity contribution in [3.05, 3.63) is 28.2 Å². The summed E-state index contributed by atoms with van der Waals surface area (Å²) in [6.07, 6.45) is 2.41. The molecule has 1 aromatic rings. The summed E-state index contributed by atoms with van der Waals surface area (Å²) in [7, 11) is 0. The maximum atomic E-state index is 12.1. The first-order chi connectivity index (χ1) is 9.60. The van der Waals surface area contributed by atoms with E-state index in [0.717, 1.165) is 25.9 Å².